The first-order valence-corrected chi connectivity index (χ1v) is 11.3. The summed E-state index contributed by atoms with van der Waals surface area (Å²) in [6.07, 6.45) is 0.689. The zero-order chi connectivity index (χ0) is 24.7. The van der Waals surface area contributed by atoms with Crippen molar-refractivity contribution in [3.8, 4) is 0 Å². The Hall–Kier alpha value is -3.60. The molecule has 1 aromatic carbocycles. The lowest BCUT2D eigenvalue weighted by atomic mass is 9.96. The maximum atomic E-state index is 13.8. The molecule has 1 atom stereocenters. The second-order valence-corrected chi connectivity index (χ2v) is 8.03. The number of likely N-dealkylation sites (tertiary alicyclic amines) is 1. The van der Waals surface area contributed by atoms with Gasteiger partial charge in [0.1, 0.15) is 5.82 Å². The number of aromatic nitrogens is 2. The SMILES string of the molecule is CCOC(=O)N1CCCC(C(=O)N(Cc2ccccc2)c2c(N)n(CCOC)c(=O)[nH]c2=O)C1. The van der Waals surface area contributed by atoms with E-state index in [2.05, 4.69) is 4.98 Å². The molecular formula is C23H31N5O6. The van der Waals surface area contributed by atoms with Crippen LogP contribution in [0.5, 0.6) is 0 Å². The van der Waals surface area contributed by atoms with Crippen LogP contribution in [0.1, 0.15) is 25.3 Å². The van der Waals surface area contributed by atoms with E-state index in [0.29, 0.717) is 19.4 Å². The molecule has 1 saturated heterocycles. The molecule has 1 fully saturated rings. The molecule has 1 aliphatic rings. The number of benzene rings is 1. The van der Waals surface area contributed by atoms with Gasteiger partial charge < -0.3 is 20.1 Å². The Balaban J connectivity index is 2.01. The van der Waals surface area contributed by atoms with Crippen molar-refractivity contribution in [1.29, 1.82) is 0 Å². The molecule has 2 amide bonds. The van der Waals surface area contributed by atoms with Crippen LogP contribution in [-0.2, 0) is 27.4 Å². The second kappa shape index (κ2) is 11.5. The predicted octanol–water partition coefficient (Wildman–Crippen LogP) is 1.17. The highest BCUT2D eigenvalue weighted by Crippen LogP contribution is 2.26. The number of methoxy groups -OCH3 is 1. The summed E-state index contributed by atoms with van der Waals surface area (Å²) in [6, 6.07) is 9.16. The Kier molecular flexibility index (Phi) is 8.47. The van der Waals surface area contributed by atoms with Gasteiger partial charge >= 0.3 is 11.8 Å². The van der Waals surface area contributed by atoms with E-state index in [1.807, 2.05) is 30.3 Å². The van der Waals surface area contributed by atoms with Gasteiger partial charge in [-0.1, -0.05) is 30.3 Å². The first kappa shape index (κ1) is 25.0. The molecule has 184 valence electrons. The smallest absolute Gasteiger partial charge is 0.409 e. The van der Waals surface area contributed by atoms with Crippen LogP contribution in [0.4, 0.5) is 16.3 Å². The third-order valence-electron chi connectivity index (χ3n) is 5.75. The fourth-order valence-electron chi connectivity index (χ4n) is 4.06. The van der Waals surface area contributed by atoms with Crippen LogP contribution >= 0.6 is 0 Å². The van der Waals surface area contributed by atoms with Gasteiger partial charge in [-0.2, -0.15) is 0 Å². The number of carbonyl (C=O) groups excluding carboxylic acids is 2. The van der Waals surface area contributed by atoms with E-state index in [1.165, 1.54) is 21.5 Å². The number of anilines is 2. The lowest BCUT2D eigenvalue weighted by molar-refractivity contribution is -0.124. The predicted molar refractivity (Wildman–Crippen MR) is 127 cm³/mol. The van der Waals surface area contributed by atoms with E-state index < -0.39 is 23.3 Å². The molecule has 2 heterocycles. The molecule has 1 aliphatic heterocycles. The van der Waals surface area contributed by atoms with Crippen LogP contribution in [0.2, 0.25) is 0 Å². The summed E-state index contributed by atoms with van der Waals surface area (Å²) in [4.78, 5) is 56.4. The topological polar surface area (TPSA) is 140 Å². The lowest BCUT2D eigenvalue weighted by Gasteiger charge is -2.34. The monoisotopic (exact) mass is 473 g/mol. The van der Waals surface area contributed by atoms with Gasteiger partial charge in [-0.3, -0.25) is 24.0 Å². The van der Waals surface area contributed by atoms with Crippen molar-refractivity contribution in [2.24, 2.45) is 5.92 Å². The van der Waals surface area contributed by atoms with Crippen LogP contribution in [0.15, 0.2) is 39.9 Å². The van der Waals surface area contributed by atoms with Crippen molar-refractivity contribution in [3.63, 3.8) is 0 Å². The largest absolute Gasteiger partial charge is 0.450 e. The molecule has 0 saturated carbocycles. The van der Waals surface area contributed by atoms with Crippen LogP contribution in [0.3, 0.4) is 0 Å². The average molecular weight is 474 g/mol. The molecule has 11 nitrogen and oxygen atoms in total. The van der Waals surface area contributed by atoms with Crippen molar-refractivity contribution in [2.75, 3.05) is 44.0 Å². The number of hydrogen-bond acceptors (Lipinski definition) is 7. The maximum absolute atomic E-state index is 13.8. The van der Waals surface area contributed by atoms with Crippen molar-refractivity contribution in [3.05, 3.63) is 56.7 Å². The van der Waals surface area contributed by atoms with E-state index in [9.17, 15) is 19.2 Å². The molecule has 11 heteroatoms. The summed E-state index contributed by atoms with van der Waals surface area (Å²) in [5.74, 6) is -1.03. The number of rotatable bonds is 8. The molecule has 1 aromatic heterocycles. The number of amides is 2. The van der Waals surface area contributed by atoms with E-state index >= 15 is 0 Å². The van der Waals surface area contributed by atoms with Crippen LogP contribution < -0.4 is 21.9 Å². The average Bonchev–Trinajstić information content (AvgIpc) is 2.83. The molecule has 3 rings (SSSR count). The third kappa shape index (κ3) is 5.66. The van der Waals surface area contributed by atoms with Gasteiger partial charge in [0.05, 0.1) is 32.2 Å². The molecule has 0 aliphatic carbocycles. The zero-order valence-corrected chi connectivity index (χ0v) is 19.5. The number of ether oxygens (including phenoxy) is 2. The number of carbonyl (C=O) groups is 2. The maximum Gasteiger partial charge on any atom is 0.409 e. The third-order valence-corrected chi connectivity index (χ3v) is 5.75. The number of nitrogens with zero attached hydrogens (tertiary/aromatic N) is 3. The van der Waals surface area contributed by atoms with Crippen molar-refractivity contribution in [1.82, 2.24) is 14.5 Å². The van der Waals surface area contributed by atoms with E-state index in [-0.39, 0.29) is 50.3 Å². The number of nitrogen functional groups attached to an aromatic ring is 1. The highest BCUT2D eigenvalue weighted by atomic mass is 16.6. The number of aromatic amines is 1. The first-order chi connectivity index (χ1) is 16.4. The fourth-order valence-corrected chi connectivity index (χ4v) is 4.06. The van der Waals surface area contributed by atoms with Crippen LogP contribution in [-0.4, -0.2) is 59.9 Å². The molecule has 3 N–H and O–H groups in total. The van der Waals surface area contributed by atoms with Gasteiger partial charge in [-0.15, -0.1) is 0 Å². The number of piperidine rings is 1. The Morgan fingerprint density at radius 1 is 1.24 bits per heavy atom. The van der Waals surface area contributed by atoms with E-state index in [4.69, 9.17) is 15.2 Å². The summed E-state index contributed by atoms with van der Waals surface area (Å²) < 4.78 is 11.3. The first-order valence-electron chi connectivity index (χ1n) is 11.3. The molecular weight excluding hydrogens is 442 g/mol. The number of nitrogens with one attached hydrogen (secondary N) is 1. The molecule has 1 unspecified atom stereocenters. The highest BCUT2D eigenvalue weighted by molar-refractivity contribution is 5.97. The van der Waals surface area contributed by atoms with Crippen molar-refractivity contribution < 1.29 is 19.1 Å². The number of nitrogens with two attached hydrogens (primary N) is 1. The van der Waals surface area contributed by atoms with Crippen LogP contribution in [0, 0.1) is 5.92 Å². The summed E-state index contributed by atoms with van der Waals surface area (Å²) in [7, 11) is 1.48. The minimum absolute atomic E-state index is 0.0747. The van der Waals surface area contributed by atoms with Crippen molar-refractivity contribution >= 4 is 23.5 Å². The minimum Gasteiger partial charge on any atom is -0.450 e. The second-order valence-electron chi connectivity index (χ2n) is 8.03. The summed E-state index contributed by atoms with van der Waals surface area (Å²) in [5.41, 5.74) is 5.52. The van der Waals surface area contributed by atoms with E-state index in [1.54, 1.807) is 6.92 Å². The summed E-state index contributed by atoms with van der Waals surface area (Å²) in [5, 5.41) is 0. The van der Waals surface area contributed by atoms with Gasteiger partial charge in [0.15, 0.2) is 5.69 Å². The highest BCUT2D eigenvalue weighted by Gasteiger charge is 2.34. The van der Waals surface area contributed by atoms with Gasteiger partial charge in [-0.05, 0) is 25.3 Å². The summed E-state index contributed by atoms with van der Waals surface area (Å²) in [6.45, 7) is 3.00. The number of hydrogen-bond donors (Lipinski definition) is 2. The fraction of sp³-hybridized carbons (Fsp3) is 0.478. The number of H-pyrrole nitrogens is 1. The Labute approximate surface area is 197 Å². The summed E-state index contributed by atoms with van der Waals surface area (Å²) >= 11 is 0. The van der Waals surface area contributed by atoms with Crippen LogP contribution in [0.25, 0.3) is 0 Å². The van der Waals surface area contributed by atoms with Gasteiger partial charge in [0.25, 0.3) is 5.56 Å². The standard InChI is InChI=1S/C23H31N5O6/c1-3-34-23(32)26-11-7-10-17(15-26)21(30)28(14-16-8-5-4-6-9-16)18-19(24)27(12-13-33-2)22(31)25-20(18)29/h4-6,8-9,17H,3,7,10-15,24H2,1-2H3,(H,25,29,31). The molecule has 0 radical (unpaired) electrons. The zero-order valence-electron chi connectivity index (χ0n) is 19.5. The van der Waals surface area contributed by atoms with Gasteiger partial charge in [0, 0.05) is 20.2 Å². The van der Waals surface area contributed by atoms with Gasteiger partial charge in [-0.25, -0.2) is 9.59 Å². The van der Waals surface area contributed by atoms with Gasteiger partial charge in [0.2, 0.25) is 5.91 Å². The lowest BCUT2D eigenvalue weighted by Crippen LogP contribution is -2.49. The normalized spacial score (nSPS) is 15.7. The minimum atomic E-state index is -0.751. The quantitative estimate of drug-likeness (QED) is 0.586. The molecule has 34 heavy (non-hydrogen) atoms. The molecule has 2 aromatic rings. The van der Waals surface area contributed by atoms with Crippen molar-refractivity contribution in [2.45, 2.75) is 32.9 Å². The Bertz CT molecular complexity index is 1110. The molecule has 0 bridgehead atoms. The Morgan fingerprint density at radius 2 is 1.97 bits per heavy atom. The van der Waals surface area contributed by atoms with E-state index in [0.717, 1.165) is 5.56 Å². The molecule has 0 spiro atoms. The Morgan fingerprint density at radius 3 is 2.65 bits per heavy atom.